The minimum atomic E-state index is 0.364. The fraction of sp³-hybridized carbons (Fsp3) is 1.00. The molecule has 0 aromatic heterocycles. The van der Waals surface area contributed by atoms with E-state index in [1.54, 1.807) is 0 Å². The number of hydrogen-bond donors (Lipinski definition) is 0. The number of hydrogen-bond acceptors (Lipinski definition) is 4. The minimum absolute atomic E-state index is 0.364. The van der Waals surface area contributed by atoms with Crippen LogP contribution in [0.4, 0.5) is 0 Å². The van der Waals surface area contributed by atoms with E-state index in [-0.39, 0.29) is 0 Å². The van der Waals surface area contributed by atoms with Crippen LogP contribution in [0, 0.1) is 0 Å². The highest BCUT2D eigenvalue weighted by Gasteiger charge is 1.94. The van der Waals surface area contributed by atoms with Gasteiger partial charge < -0.3 is 18.9 Å². The van der Waals surface area contributed by atoms with Gasteiger partial charge in [-0.3, -0.25) is 0 Å². The van der Waals surface area contributed by atoms with Gasteiger partial charge in [0, 0.05) is 6.61 Å². The molecule has 0 atom stereocenters. The summed E-state index contributed by atoms with van der Waals surface area (Å²) in [5, 5.41) is 0. The van der Waals surface area contributed by atoms with Crippen LogP contribution in [-0.4, -0.2) is 46.4 Å². The van der Waals surface area contributed by atoms with Gasteiger partial charge in [0.05, 0.1) is 33.0 Å². The zero-order valence-electron chi connectivity index (χ0n) is 7.29. The predicted octanol–water partition coefficient (Wildman–Crippen LogP) is 0.414. The third-order valence-electron chi connectivity index (χ3n) is 1.49. The molecule has 0 radical (unpaired) electrons. The smallest absolute Gasteiger partial charge is 0.146 e. The van der Waals surface area contributed by atoms with Gasteiger partial charge in [-0.15, -0.1) is 0 Å². The first-order chi connectivity index (χ1) is 6.00. The van der Waals surface area contributed by atoms with Gasteiger partial charge in [-0.1, -0.05) is 0 Å². The van der Waals surface area contributed by atoms with E-state index in [0.29, 0.717) is 39.8 Å². The molecule has 0 unspecified atom stereocenters. The molecule has 4 heteroatoms. The van der Waals surface area contributed by atoms with Gasteiger partial charge >= 0.3 is 0 Å². The molecule has 1 aliphatic heterocycles. The summed E-state index contributed by atoms with van der Waals surface area (Å²) in [6, 6.07) is 0. The molecule has 1 heterocycles. The van der Waals surface area contributed by atoms with E-state index in [9.17, 15) is 0 Å². The van der Waals surface area contributed by atoms with Crippen molar-refractivity contribution in [1.29, 1.82) is 0 Å². The molecule has 72 valence electrons. The second-order valence-electron chi connectivity index (χ2n) is 2.51. The second kappa shape index (κ2) is 7.49. The van der Waals surface area contributed by atoms with Crippen LogP contribution in [0.5, 0.6) is 0 Å². The van der Waals surface area contributed by atoms with Crippen molar-refractivity contribution in [1.82, 2.24) is 0 Å². The van der Waals surface area contributed by atoms with E-state index < -0.39 is 0 Å². The average Bonchev–Trinajstić information content (AvgIpc) is 2.05. The van der Waals surface area contributed by atoms with Crippen molar-refractivity contribution in [3.05, 3.63) is 0 Å². The van der Waals surface area contributed by atoms with Crippen molar-refractivity contribution >= 4 is 0 Å². The first-order valence-corrected chi connectivity index (χ1v) is 4.31. The molecule has 0 amide bonds. The summed E-state index contributed by atoms with van der Waals surface area (Å²) >= 11 is 0. The molecule has 0 aromatic carbocycles. The molecule has 0 N–H and O–H groups in total. The zero-order valence-corrected chi connectivity index (χ0v) is 7.29. The van der Waals surface area contributed by atoms with Crippen LogP contribution in [0.2, 0.25) is 0 Å². The molecule has 1 fully saturated rings. The van der Waals surface area contributed by atoms with E-state index in [2.05, 4.69) is 0 Å². The largest absolute Gasteiger partial charge is 0.379 e. The Hall–Kier alpha value is -0.160. The average molecular weight is 176 g/mol. The Morgan fingerprint density at radius 1 is 0.500 bits per heavy atom. The summed E-state index contributed by atoms with van der Waals surface area (Å²) in [4.78, 5) is 0. The molecule has 12 heavy (non-hydrogen) atoms. The first kappa shape index (κ1) is 9.92. The molecule has 0 bridgehead atoms. The lowest BCUT2D eigenvalue weighted by atomic mass is 10.5. The monoisotopic (exact) mass is 176 g/mol. The molecule has 1 saturated heterocycles. The van der Waals surface area contributed by atoms with Crippen molar-refractivity contribution in [2.24, 2.45) is 0 Å². The molecule has 4 nitrogen and oxygen atoms in total. The highest BCUT2D eigenvalue weighted by atomic mass is 16.7. The van der Waals surface area contributed by atoms with E-state index >= 15 is 0 Å². The van der Waals surface area contributed by atoms with Crippen LogP contribution in [0.15, 0.2) is 0 Å². The Balaban J connectivity index is 2.00. The molecule has 0 spiro atoms. The molecular formula is C8H16O4. The number of ether oxygens (including phenoxy) is 4. The van der Waals surface area contributed by atoms with E-state index in [1.807, 2.05) is 0 Å². The van der Waals surface area contributed by atoms with Crippen LogP contribution < -0.4 is 0 Å². The van der Waals surface area contributed by atoms with Crippen LogP contribution in [-0.2, 0) is 18.9 Å². The summed E-state index contributed by atoms with van der Waals surface area (Å²) in [5.74, 6) is 0. The lowest BCUT2D eigenvalue weighted by molar-refractivity contribution is -0.0830. The highest BCUT2D eigenvalue weighted by Crippen LogP contribution is 1.89. The lowest BCUT2D eigenvalue weighted by Gasteiger charge is -2.09. The van der Waals surface area contributed by atoms with Gasteiger partial charge in [0.15, 0.2) is 0 Å². The van der Waals surface area contributed by atoms with E-state index in [0.717, 1.165) is 13.0 Å². The summed E-state index contributed by atoms with van der Waals surface area (Å²) < 4.78 is 20.7. The Bertz CT molecular complexity index is 54.0. The van der Waals surface area contributed by atoms with Gasteiger partial charge in [0.25, 0.3) is 0 Å². The zero-order chi connectivity index (χ0) is 8.49. The highest BCUT2D eigenvalue weighted by molar-refractivity contribution is 4.37. The normalized spacial score (nSPS) is 24.0. The van der Waals surface area contributed by atoms with Gasteiger partial charge in [-0.05, 0) is 6.42 Å². The quantitative estimate of drug-likeness (QED) is 0.536. The Kier molecular flexibility index (Phi) is 6.19. The van der Waals surface area contributed by atoms with Gasteiger partial charge in [-0.2, -0.15) is 0 Å². The van der Waals surface area contributed by atoms with Gasteiger partial charge in [0.1, 0.15) is 6.79 Å². The maximum Gasteiger partial charge on any atom is 0.146 e. The minimum Gasteiger partial charge on any atom is -0.379 e. The van der Waals surface area contributed by atoms with Gasteiger partial charge in [0.2, 0.25) is 0 Å². The summed E-state index contributed by atoms with van der Waals surface area (Å²) in [7, 11) is 0. The number of rotatable bonds is 0. The summed E-state index contributed by atoms with van der Waals surface area (Å²) in [5.41, 5.74) is 0. The standard InChI is InChI=1S/C8H16O4/c1-2-9-4-5-10-6-7-12-8-11-3-1/h1-8H2. The molecule has 0 saturated carbocycles. The van der Waals surface area contributed by atoms with Crippen molar-refractivity contribution < 1.29 is 18.9 Å². The van der Waals surface area contributed by atoms with E-state index in [1.165, 1.54) is 0 Å². The maximum absolute atomic E-state index is 5.26. The van der Waals surface area contributed by atoms with Crippen LogP contribution >= 0.6 is 0 Å². The van der Waals surface area contributed by atoms with Crippen LogP contribution in [0.1, 0.15) is 6.42 Å². The first-order valence-electron chi connectivity index (χ1n) is 4.31. The molecule has 1 aliphatic rings. The Morgan fingerprint density at radius 2 is 1.00 bits per heavy atom. The third kappa shape index (κ3) is 5.49. The lowest BCUT2D eigenvalue weighted by Crippen LogP contribution is -2.14. The third-order valence-corrected chi connectivity index (χ3v) is 1.49. The van der Waals surface area contributed by atoms with Crippen molar-refractivity contribution in [2.75, 3.05) is 46.4 Å². The van der Waals surface area contributed by atoms with E-state index in [4.69, 9.17) is 18.9 Å². The summed E-state index contributed by atoms with van der Waals surface area (Å²) in [6.07, 6.45) is 0.920. The summed E-state index contributed by atoms with van der Waals surface area (Å²) in [6.45, 7) is 4.35. The SMILES string of the molecule is C1COCCOCCOCOC1. The molecule has 0 aromatic rings. The van der Waals surface area contributed by atoms with Crippen molar-refractivity contribution in [3.63, 3.8) is 0 Å². The fourth-order valence-corrected chi connectivity index (χ4v) is 0.880. The Labute approximate surface area is 72.7 Å². The maximum atomic E-state index is 5.26. The molecule has 1 rings (SSSR count). The van der Waals surface area contributed by atoms with Crippen LogP contribution in [0.25, 0.3) is 0 Å². The van der Waals surface area contributed by atoms with Crippen LogP contribution in [0.3, 0.4) is 0 Å². The Morgan fingerprint density at radius 3 is 1.83 bits per heavy atom. The molecule has 0 aliphatic carbocycles. The van der Waals surface area contributed by atoms with Crippen molar-refractivity contribution in [3.8, 4) is 0 Å². The molecular weight excluding hydrogens is 160 g/mol. The topological polar surface area (TPSA) is 36.9 Å². The van der Waals surface area contributed by atoms with Gasteiger partial charge in [-0.25, -0.2) is 0 Å². The van der Waals surface area contributed by atoms with Crippen molar-refractivity contribution in [2.45, 2.75) is 6.42 Å². The predicted molar refractivity (Wildman–Crippen MR) is 43.0 cm³/mol. The fourth-order valence-electron chi connectivity index (χ4n) is 0.880. The second-order valence-corrected chi connectivity index (χ2v) is 2.51.